The Morgan fingerprint density at radius 2 is 1.80 bits per heavy atom. The molecule has 0 radical (unpaired) electrons. The molecule has 9 heteroatoms. The van der Waals surface area contributed by atoms with E-state index in [0.29, 0.717) is 23.1 Å². The topological polar surface area (TPSA) is 96.0 Å². The Balaban J connectivity index is 1.09. The number of unbranched alkanes of at least 4 members (excludes halogenated alkanes) is 2. The number of aromatic nitrogens is 2. The van der Waals surface area contributed by atoms with Crippen LogP contribution < -0.4 is 16.0 Å². The maximum Gasteiger partial charge on any atom is 0.249 e. The number of hydrogen-bond acceptors (Lipinski definition) is 7. The van der Waals surface area contributed by atoms with Crippen LogP contribution in [-0.4, -0.2) is 45.9 Å². The molecule has 2 amide bonds. The minimum absolute atomic E-state index is 0.101. The van der Waals surface area contributed by atoms with Gasteiger partial charge in [0.2, 0.25) is 11.8 Å². The van der Waals surface area contributed by atoms with Crippen molar-refractivity contribution in [3.05, 3.63) is 72.4 Å². The van der Waals surface area contributed by atoms with Crippen LogP contribution in [0.1, 0.15) is 49.8 Å². The van der Waals surface area contributed by atoms with Gasteiger partial charge < -0.3 is 16.0 Å². The van der Waals surface area contributed by atoms with Crippen LogP contribution in [0.3, 0.4) is 0 Å². The second kappa shape index (κ2) is 14.5. The van der Waals surface area contributed by atoms with E-state index in [1.165, 1.54) is 46.5 Å². The number of anilines is 2. The summed E-state index contributed by atoms with van der Waals surface area (Å²) in [5.41, 5.74) is 5.75. The molecule has 1 aliphatic carbocycles. The van der Waals surface area contributed by atoms with Gasteiger partial charge in [0.1, 0.15) is 6.04 Å². The van der Waals surface area contributed by atoms with E-state index in [2.05, 4.69) is 45.7 Å². The van der Waals surface area contributed by atoms with E-state index in [1.54, 1.807) is 17.8 Å². The Kier molecular flexibility index (Phi) is 10.3. The number of benzene rings is 2. The van der Waals surface area contributed by atoms with Gasteiger partial charge in [0.05, 0.1) is 15.7 Å². The number of carbonyl (C=O) groups is 2. The van der Waals surface area contributed by atoms with E-state index in [4.69, 9.17) is 4.98 Å². The number of thioether (sulfide) groups is 1. The quantitative estimate of drug-likeness (QED) is 0.112. The lowest BCUT2D eigenvalue weighted by atomic mass is 9.92. The molecule has 0 spiro atoms. The molecular weight excluding hydrogens is 551 g/mol. The van der Waals surface area contributed by atoms with Gasteiger partial charge in [0.25, 0.3) is 0 Å². The summed E-state index contributed by atoms with van der Waals surface area (Å²) in [6.45, 7) is 4.60. The Morgan fingerprint density at radius 1 is 1.00 bits per heavy atom. The molecule has 1 unspecified atom stereocenters. The first-order valence-electron chi connectivity index (χ1n) is 14.4. The molecule has 0 saturated heterocycles. The van der Waals surface area contributed by atoms with Crippen LogP contribution in [0.5, 0.6) is 0 Å². The molecule has 4 aromatic rings. The maximum atomic E-state index is 13.1. The molecule has 2 heterocycles. The molecular formula is C32H37N5O2S2. The smallest absolute Gasteiger partial charge is 0.249 e. The molecule has 0 fully saturated rings. The molecule has 2 aromatic carbocycles. The highest BCUT2D eigenvalue weighted by Gasteiger charge is 2.22. The predicted octanol–water partition coefficient (Wildman–Crippen LogP) is 6.74. The third-order valence-corrected chi connectivity index (χ3v) is 9.24. The largest absolute Gasteiger partial charge is 0.384 e. The highest BCUT2D eigenvalue weighted by Crippen LogP contribution is 2.33. The number of carbonyl (C=O) groups excluding carboxylic acids is 2. The lowest BCUT2D eigenvalue weighted by molar-refractivity contribution is -0.126. The van der Waals surface area contributed by atoms with Crippen LogP contribution in [0, 0.1) is 0 Å². The molecule has 2 aromatic heterocycles. The molecule has 0 aliphatic heterocycles. The number of amides is 2. The summed E-state index contributed by atoms with van der Waals surface area (Å²) in [6, 6.07) is 15.5. The fraction of sp³-hybridized carbons (Fsp3) is 0.375. The van der Waals surface area contributed by atoms with E-state index in [0.717, 1.165) is 54.4 Å². The summed E-state index contributed by atoms with van der Waals surface area (Å²) < 4.78 is 1.01. The van der Waals surface area contributed by atoms with Crippen molar-refractivity contribution in [1.29, 1.82) is 0 Å². The van der Waals surface area contributed by atoms with Crippen LogP contribution >= 0.6 is 23.1 Å². The lowest BCUT2D eigenvalue weighted by Gasteiger charge is -2.21. The zero-order valence-corrected chi connectivity index (χ0v) is 24.9. The average molecular weight is 588 g/mol. The summed E-state index contributed by atoms with van der Waals surface area (Å²) >= 11 is 3.00. The second-order valence-corrected chi connectivity index (χ2v) is 12.4. The van der Waals surface area contributed by atoms with Gasteiger partial charge in [-0.3, -0.25) is 14.6 Å². The molecule has 214 valence electrons. The van der Waals surface area contributed by atoms with Crippen LogP contribution in [0.4, 0.5) is 10.8 Å². The minimum atomic E-state index is -0.632. The van der Waals surface area contributed by atoms with E-state index >= 15 is 0 Å². The van der Waals surface area contributed by atoms with Crippen molar-refractivity contribution in [2.24, 2.45) is 0 Å². The van der Waals surface area contributed by atoms with Crippen molar-refractivity contribution in [2.45, 2.75) is 57.4 Å². The number of thiazole rings is 1. The van der Waals surface area contributed by atoms with Crippen LogP contribution in [-0.2, 0) is 22.4 Å². The monoisotopic (exact) mass is 587 g/mol. The summed E-state index contributed by atoms with van der Waals surface area (Å²) in [5, 5.41) is 11.3. The summed E-state index contributed by atoms with van der Waals surface area (Å²) in [6.07, 6.45) is 9.41. The SMILES string of the molecule is C=CCSCC(NC(=O)CCCCCNc1c2c(nc3ccccc13)CCCC2)C(=O)Nc1nc2ccccc2s1. The first kappa shape index (κ1) is 29.1. The Hall–Kier alpha value is -3.43. The van der Waals surface area contributed by atoms with Gasteiger partial charge >= 0.3 is 0 Å². The molecule has 7 nitrogen and oxygen atoms in total. The van der Waals surface area contributed by atoms with Crippen molar-refractivity contribution in [2.75, 3.05) is 28.7 Å². The summed E-state index contributed by atoms with van der Waals surface area (Å²) in [4.78, 5) is 35.3. The second-order valence-electron chi connectivity index (χ2n) is 10.3. The van der Waals surface area contributed by atoms with Crippen LogP contribution in [0.15, 0.2) is 61.2 Å². The van der Waals surface area contributed by atoms with Gasteiger partial charge in [0.15, 0.2) is 5.13 Å². The van der Waals surface area contributed by atoms with Crippen molar-refractivity contribution in [1.82, 2.24) is 15.3 Å². The maximum absolute atomic E-state index is 13.1. The van der Waals surface area contributed by atoms with Gasteiger partial charge in [-0.25, -0.2) is 4.98 Å². The Morgan fingerprint density at radius 3 is 2.66 bits per heavy atom. The number of hydrogen-bond donors (Lipinski definition) is 3. The van der Waals surface area contributed by atoms with Crippen molar-refractivity contribution in [3.8, 4) is 0 Å². The number of pyridine rings is 1. The zero-order chi connectivity index (χ0) is 28.4. The Bertz CT molecular complexity index is 1490. The molecule has 1 aliphatic rings. The van der Waals surface area contributed by atoms with E-state index in [-0.39, 0.29) is 11.8 Å². The third-order valence-electron chi connectivity index (χ3n) is 7.25. The minimum Gasteiger partial charge on any atom is -0.384 e. The summed E-state index contributed by atoms with van der Waals surface area (Å²) in [5.74, 6) is 0.841. The van der Waals surface area contributed by atoms with Crippen molar-refractivity contribution >= 4 is 66.9 Å². The van der Waals surface area contributed by atoms with Gasteiger partial charge in [0, 0.05) is 41.2 Å². The van der Waals surface area contributed by atoms with Gasteiger partial charge in [-0.1, -0.05) is 54.2 Å². The molecule has 5 rings (SSSR count). The third kappa shape index (κ3) is 7.65. The average Bonchev–Trinajstić information content (AvgIpc) is 3.40. The van der Waals surface area contributed by atoms with Gasteiger partial charge in [-0.15, -0.1) is 6.58 Å². The number of para-hydroxylation sites is 2. The molecule has 1 atom stereocenters. The Labute approximate surface area is 249 Å². The van der Waals surface area contributed by atoms with Crippen LogP contribution in [0.2, 0.25) is 0 Å². The van der Waals surface area contributed by atoms with E-state index in [1.807, 2.05) is 30.3 Å². The van der Waals surface area contributed by atoms with Gasteiger partial charge in [-0.05, 0) is 62.3 Å². The standard InChI is InChI=1S/C32H37N5O2S2/c1-2-20-40-21-27(31(39)37-32-36-26-16-9-10-17-28(26)41-32)35-29(38)18-4-3-11-19-33-30-22-12-5-7-14-24(22)34-25-15-8-6-13-23(25)30/h2,5,7,9-10,12,14,16-17,27H,1,3-4,6,8,11,13,15,18-21H2,(H,33,34)(H,35,38)(H,36,37,39). The lowest BCUT2D eigenvalue weighted by Crippen LogP contribution is -2.45. The number of nitrogens with zero attached hydrogens (tertiary/aromatic N) is 2. The predicted molar refractivity (Wildman–Crippen MR) is 173 cm³/mol. The molecule has 41 heavy (non-hydrogen) atoms. The van der Waals surface area contributed by atoms with Crippen LogP contribution in [0.25, 0.3) is 21.1 Å². The molecule has 3 N–H and O–H groups in total. The highest BCUT2D eigenvalue weighted by molar-refractivity contribution is 7.99. The van der Waals surface area contributed by atoms with E-state index < -0.39 is 6.04 Å². The van der Waals surface area contributed by atoms with Crippen molar-refractivity contribution < 1.29 is 9.59 Å². The number of fused-ring (bicyclic) bond motifs is 3. The normalized spacial score (nSPS) is 13.5. The van der Waals surface area contributed by atoms with E-state index in [9.17, 15) is 9.59 Å². The molecule has 0 bridgehead atoms. The molecule has 0 saturated carbocycles. The number of nitrogens with one attached hydrogen (secondary N) is 3. The first-order valence-corrected chi connectivity index (χ1v) is 16.4. The van der Waals surface area contributed by atoms with Gasteiger partial charge in [-0.2, -0.15) is 11.8 Å². The summed E-state index contributed by atoms with van der Waals surface area (Å²) in [7, 11) is 0. The number of rotatable bonds is 14. The zero-order valence-electron chi connectivity index (χ0n) is 23.3. The fourth-order valence-electron chi connectivity index (χ4n) is 5.21. The fourth-order valence-corrected chi connectivity index (χ4v) is 6.85. The highest BCUT2D eigenvalue weighted by atomic mass is 32.2. The van der Waals surface area contributed by atoms with Crippen molar-refractivity contribution in [3.63, 3.8) is 0 Å². The number of aryl methyl sites for hydroxylation is 1. The first-order chi connectivity index (χ1) is 20.1.